The normalized spacial score (nSPS) is 18.3. The molecule has 0 radical (unpaired) electrons. The number of aliphatic hydroxyl groups excluding tert-OH is 1. The van der Waals surface area contributed by atoms with Gasteiger partial charge in [-0.1, -0.05) is 23.3 Å². The van der Waals surface area contributed by atoms with Crippen LogP contribution in [-0.4, -0.2) is 29.9 Å². The van der Waals surface area contributed by atoms with Gasteiger partial charge in [0.15, 0.2) is 11.6 Å². The average Bonchev–Trinajstić information content (AvgIpc) is 2.96. The summed E-state index contributed by atoms with van der Waals surface area (Å²) in [7, 11) is 0. The number of carbonyl (C=O) groups is 1. The number of hydrogen-bond donors (Lipinski definition) is 1. The maximum Gasteiger partial charge on any atom is 0.343 e. The summed E-state index contributed by atoms with van der Waals surface area (Å²) in [5, 5.41) is 10.2. The molecule has 0 saturated heterocycles. The molecule has 4 nitrogen and oxygen atoms in total. The highest BCUT2D eigenvalue weighted by molar-refractivity contribution is 6.32. The van der Waals surface area contributed by atoms with Crippen LogP contribution < -0.4 is 0 Å². The molecule has 2 rings (SSSR count). The second-order valence-corrected chi connectivity index (χ2v) is 6.06. The second kappa shape index (κ2) is 8.25. The van der Waals surface area contributed by atoms with E-state index in [-0.39, 0.29) is 28.8 Å². The maximum absolute atomic E-state index is 13.5. The third-order valence-electron chi connectivity index (χ3n) is 3.73. The van der Waals surface area contributed by atoms with E-state index in [1.54, 1.807) is 6.92 Å². The van der Waals surface area contributed by atoms with Gasteiger partial charge in [0.1, 0.15) is 11.3 Å². The van der Waals surface area contributed by atoms with Crippen LogP contribution in [0, 0.1) is 11.6 Å². The van der Waals surface area contributed by atoms with E-state index in [0.717, 1.165) is 25.0 Å². The van der Waals surface area contributed by atoms with Crippen molar-refractivity contribution in [2.45, 2.75) is 32.7 Å². The Morgan fingerprint density at radius 2 is 2.12 bits per heavy atom. The van der Waals surface area contributed by atoms with Crippen molar-refractivity contribution < 1.29 is 23.4 Å². The standard InChI is InChI=1S/C18H18ClF2NO3/c1-3-25-18(24)13(9-22-11-5-4-10(2)6-11)17(23)12-7-15(20)16(21)8-14(12)19/h4,7-9,11,23H,3,5-6H2,1-2H3. The molecule has 1 unspecified atom stereocenters. The number of aliphatic hydroxyl groups is 1. The molecule has 1 aliphatic rings. The highest BCUT2D eigenvalue weighted by atomic mass is 35.5. The number of aliphatic imine (C=N–C) groups is 1. The van der Waals surface area contributed by atoms with Gasteiger partial charge < -0.3 is 9.84 Å². The van der Waals surface area contributed by atoms with Gasteiger partial charge in [-0.3, -0.25) is 4.99 Å². The van der Waals surface area contributed by atoms with Crippen molar-refractivity contribution in [2.75, 3.05) is 6.61 Å². The molecule has 7 heteroatoms. The Hall–Kier alpha value is -2.21. The SMILES string of the molecule is CCOC(=O)C(C=NC1CC=C(C)C1)=C(O)c1cc(F)c(F)cc1Cl. The Morgan fingerprint density at radius 1 is 1.44 bits per heavy atom. The minimum Gasteiger partial charge on any atom is -0.506 e. The van der Waals surface area contributed by atoms with Crippen molar-refractivity contribution in [2.24, 2.45) is 4.99 Å². The van der Waals surface area contributed by atoms with Crippen molar-refractivity contribution >= 4 is 29.5 Å². The topological polar surface area (TPSA) is 58.9 Å². The second-order valence-electron chi connectivity index (χ2n) is 5.65. The van der Waals surface area contributed by atoms with Gasteiger partial charge in [0.2, 0.25) is 0 Å². The van der Waals surface area contributed by atoms with Gasteiger partial charge in [-0.25, -0.2) is 13.6 Å². The number of hydrogen-bond acceptors (Lipinski definition) is 4. The fourth-order valence-electron chi connectivity index (χ4n) is 2.44. The summed E-state index contributed by atoms with van der Waals surface area (Å²) in [6.45, 7) is 3.67. The first-order chi connectivity index (χ1) is 11.8. The van der Waals surface area contributed by atoms with Crippen LogP contribution in [0.1, 0.15) is 32.3 Å². The fraction of sp³-hybridized carbons (Fsp3) is 0.333. The van der Waals surface area contributed by atoms with Crippen molar-refractivity contribution in [3.8, 4) is 0 Å². The molecule has 1 aromatic rings. The molecule has 134 valence electrons. The van der Waals surface area contributed by atoms with Gasteiger partial charge in [-0.2, -0.15) is 0 Å². The summed E-state index contributed by atoms with van der Waals surface area (Å²) in [5.74, 6) is -3.79. The molecule has 1 aliphatic carbocycles. The summed E-state index contributed by atoms with van der Waals surface area (Å²) in [6, 6.07) is 1.41. The van der Waals surface area contributed by atoms with E-state index in [1.807, 2.05) is 13.0 Å². The van der Waals surface area contributed by atoms with Crippen molar-refractivity contribution in [3.05, 3.63) is 51.6 Å². The molecule has 0 heterocycles. The summed E-state index contributed by atoms with van der Waals surface area (Å²) in [5.41, 5.74) is 0.715. The van der Waals surface area contributed by atoms with Gasteiger partial charge in [0.05, 0.1) is 17.7 Å². The lowest BCUT2D eigenvalue weighted by Crippen LogP contribution is -2.13. The third-order valence-corrected chi connectivity index (χ3v) is 4.04. The lowest BCUT2D eigenvalue weighted by Gasteiger charge is -2.10. The van der Waals surface area contributed by atoms with Crippen LogP contribution in [0.25, 0.3) is 5.76 Å². The summed E-state index contributed by atoms with van der Waals surface area (Å²) < 4.78 is 31.6. The average molecular weight is 370 g/mol. The molecule has 1 atom stereocenters. The van der Waals surface area contributed by atoms with Crippen LogP contribution in [0.5, 0.6) is 0 Å². The molecular formula is C18H18ClF2NO3. The monoisotopic (exact) mass is 369 g/mol. The number of esters is 1. The van der Waals surface area contributed by atoms with E-state index in [0.29, 0.717) is 0 Å². The van der Waals surface area contributed by atoms with Crippen LogP contribution >= 0.6 is 11.6 Å². The number of carbonyl (C=O) groups excluding carboxylic acids is 1. The van der Waals surface area contributed by atoms with Crippen LogP contribution in [0.3, 0.4) is 0 Å². The lowest BCUT2D eigenvalue weighted by atomic mass is 10.1. The zero-order valence-electron chi connectivity index (χ0n) is 13.9. The minimum absolute atomic E-state index is 0.0438. The predicted octanol–water partition coefficient (Wildman–Crippen LogP) is 4.63. The Labute approximate surface area is 149 Å². The Morgan fingerprint density at radius 3 is 2.72 bits per heavy atom. The lowest BCUT2D eigenvalue weighted by molar-refractivity contribution is -0.137. The third kappa shape index (κ3) is 4.66. The van der Waals surface area contributed by atoms with Gasteiger partial charge >= 0.3 is 5.97 Å². The van der Waals surface area contributed by atoms with Crippen molar-refractivity contribution in [3.63, 3.8) is 0 Å². The van der Waals surface area contributed by atoms with E-state index in [4.69, 9.17) is 16.3 Å². The van der Waals surface area contributed by atoms with Gasteiger partial charge in [0.25, 0.3) is 0 Å². The largest absolute Gasteiger partial charge is 0.506 e. The highest BCUT2D eigenvalue weighted by Crippen LogP contribution is 2.28. The molecule has 0 spiro atoms. The first-order valence-corrected chi connectivity index (χ1v) is 8.15. The minimum atomic E-state index is -1.19. The Bertz CT molecular complexity index is 772. The van der Waals surface area contributed by atoms with Gasteiger partial charge in [-0.15, -0.1) is 0 Å². The molecule has 1 aromatic carbocycles. The molecule has 0 bridgehead atoms. The summed E-state index contributed by atoms with van der Waals surface area (Å²) >= 11 is 5.86. The number of rotatable bonds is 5. The Kier molecular flexibility index (Phi) is 6.31. The van der Waals surface area contributed by atoms with Crippen LogP contribution in [0.15, 0.2) is 34.3 Å². The molecule has 25 heavy (non-hydrogen) atoms. The summed E-state index contributed by atoms with van der Waals surface area (Å²) in [4.78, 5) is 16.4. The zero-order valence-corrected chi connectivity index (χ0v) is 14.6. The molecular weight excluding hydrogens is 352 g/mol. The molecule has 0 amide bonds. The van der Waals surface area contributed by atoms with Gasteiger partial charge in [-0.05, 0) is 38.8 Å². The molecule has 0 fully saturated rings. The fourth-order valence-corrected chi connectivity index (χ4v) is 2.68. The van der Waals surface area contributed by atoms with E-state index in [9.17, 15) is 18.7 Å². The highest BCUT2D eigenvalue weighted by Gasteiger charge is 2.21. The number of ether oxygens (including phenoxy) is 1. The number of halogens is 3. The van der Waals surface area contributed by atoms with E-state index in [1.165, 1.54) is 11.8 Å². The molecule has 0 aliphatic heterocycles. The number of benzene rings is 1. The molecule has 1 N–H and O–H groups in total. The number of nitrogens with zero attached hydrogens (tertiary/aromatic N) is 1. The first-order valence-electron chi connectivity index (χ1n) is 7.77. The van der Waals surface area contributed by atoms with Crippen LogP contribution in [-0.2, 0) is 9.53 Å². The van der Waals surface area contributed by atoms with E-state index >= 15 is 0 Å². The predicted molar refractivity (Wildman–Crippen MR) is 92.8 cm³/mol. The first kappa shape index (κ1) is 19.1. The van der Waals surface area contributed by atoms with E-state index < -0.39 is 23.4 Å². The van der Waals surface area contributed by atoms with Crippen molar-refractivity contribution in [1.82, 2.24) is 0 Å². The van der Waals surface area contributed by atoms with Crippen molar-refractivity contribution in [1.29, 1.82) is 0 Å². The maximum atomic E-state index is 13.5. The van der Waals surface area contributed by atoms with Crippen LogP contribution in [0.4, 0.5) is 8.78 Å². The quantitative estimate of drug-likeness (QED) is 0.205. The molecule has 0 aromatic heterocycles. The summed E-state index contributed by atoms with van der Waals surface area (Å²) in [6.07, 6.45) is 4.72. The molecule has 0 saturated carbocycles. The van der Waals surface area contributed by atoms with E-state index in [2.05, 4.69) is 4.99 Å². The smallest absolute Gasteiger partial charge is 0.343 e. The Balaban J connectivity index is 2.42. The zero-order chi connectivity index (χ0) is 18.6. The van der Waals surface area contributed by atoms with Crippen LogP contribution in [0.2, 0.25) is 5.02 Å². The van der Waals surface area contributed by atoms with Gasteiger partial charge in [0, 0.05) is 11.8 Å².